The van der Waals surface area contributed by atoms with Gasteiger partial charge in [-0.25, -0.2) is 0 Å². The molecule has 0 aliphatic rings. The van der Waals surface area contributed by atoms with Crippen LogP contribution < -0.4 is 4.90 Å². The molecule has 2 nitrogen and oxygen atoms in total. The second-order valence-corrected chi connectivity index (χ2v) is 4.75. The van der Waals surface area contributed by atoms with E-state index in [2.05, 4.69) is 82.4 Å². The van der Waals surface area contributed by atoms with Gasteiger partial charge in [0.25, 0.3) is 0 Å². The van der Waals surface area contributed by atoms with E-state index in [4.69, 9.17) is 0 Å². The van der Waals surface area contributed by atoms with E-state index in [-0.39, 0.29) is 0 Å². The second-order valence-electron chi connectivity index (χ2n) is 4.75. The third-order valence-electron chi connectivity index (χ3n) is 3.04. The summed E-state index contributed by atoms with van der Waals surface area (Å²) in [5.41, 5.74) is 3.50. The van der Waals surface area contributed by atoms with E-state index >= 15 is 0 Å². The summed E-state index contributed by atoms with van der Waals surface area (Å²) in [7, 11) is 3.25. The first kappa shape index (κ1) is 15.8. The molecule has 3 aromatic carbocycles. The van der Waals surface area contributed by atoms with Crippen molar-refractivity contribution in [3.63, 3.8) is 0 Å². The zero-order chi connectivity index (χ0) is 15.6. The Balaban J connectivity index is 0.000000545. The van der Waals surface area contributed by atoms with Crippen LogP contribution in [0, 0.1) is 0 Å². The molecule has 0 saturated carbocycles. The number of methoxy groups -OCH3 is 1. The molecule has 0 saturated heterocycles. The van der Waals surface area contributed by atoms with Crippen LogP contribution in [0.2, 0.25) is 0 Å². The van der Waals surface area contributed by atoms with E-state index in [0.717, 1.165) is 0 Å². The van der Waals surface area contributed by atoms with Gasteiger partial charge in [0.2, 0.25) is 0 Å². The Morgan fingerprint density at radius 2 is 0.727 bits per heavy atom. The molecule has 0 heterocycles. The predicted molar refractivity (Wildman–Crippen MR) is 94.1 cm³/mol. The minimum absolute atomic E-state index is 1.17. The van der Waals surface area contributed by atoms with Crippen LogP contribution in [0.5, 0.6) is 0 Å². The van der Waals surface area contributed by atoms with Crippen LogP contribution in [0.4, 0.5) is 17.1 Å². The van der Waals surface area contributed by atoms with Crippen molar-refractivity contribution < 1.29 is 4.74 Å². The zero-order valence-corrected chi connectivity index (χ0v) is 13.0. The summed E-state index contributed by atoms with van der Waals surface area (Å²) in [6.07, 6.45) is 0. The fourth-order valence-corrected chi connectivity index (χ4v) is 2.18. The first-order chi connectivity index (χ1) is 10.9. The van der Waals surface area contributed by atoms with E-state index in [1.54, 1.807) is 14.2 Å². The molecule has 0 atom stereocenters. The molecule has 0 aliphatic heterocycles. The van der Waals surface area contributed by atoms with Crippen molar-refractivity contribution in [3.8, 4) is 0 Å². The van der Waals surface area contributed by atoms with Crippen molar-refractivity contribution in [1.82, 2.24) is 0 Å². The quantitative estimate of drug-likeness (QED) is 0.639. The van der Waals surface area contributed by atoms with Crippen LogP contribution >= 0.6 is 0 Å². The second kappa shape index (κ2) is 8.65. The van der Waals surface area contributed by atoms with Gasteiger partial charge in [-0.15, -0.1) is 0 Å². The number of hydrogen-bond acceptors (Lipinski definition) is 2. The molecule has 0 unspecified atom stereocenters. The molecule has 0 N–H and O–H groups in total. The summed E-state index contributed by atoms with van der Waals surface area (Å²) >= 11 is 0. The van der Waals surface area contributed by atoms with Crippen LogP contribution in [0.25, 0.3) is 0 Å². The van der Waals surface area contributed by atoms with Crippen molar-refractivity contribution in [1.29, 1.82) is 0 Å². The Morgan fingerprint density at radius 1 is 0.500 bits per heavy atom. The summed E-state index contributed by atoms with van der Waals surface area (Å²) in [6, 6.07) is 31.3. The van der Waals surface area contributed by atoms with Gasteiger partial charge in [-0.3, -0.25) is 0 Å². The molecule has 3 aromatic rings. The highest BCUT2D eigenvalue weighted by atomic mass is 16.4. The number of anilines is 3. The highest BCUT2D eigenvalue weighted by Gasteiger charge is 2.10. The first-order valence-corrected chi connectivity index (χ1v) is 7.22. The number of hydrogen-bond donors (Lipinski definition) is 0. The number of benzene rings is 3. The van der Waals surface area contributed by atoms with Gasteiger partial charge in [0.05, 0.1) is 0 Å². The highest BCUT2D eigenvalue weighted by molar-refractivity contribution is 5.76. The highest BCUT2D eigenvalue weighted by Crippen LogP contribution is 2.33. The monoisotopic (exact) mass is 291 g/mol. The topological polar surface area (TPSA) is 12.5 Å². The Kier molecular flexibility index (Phi) is 6.21. The third-order valence-corrected chi connectivity index (χ3v) is 3.04. The average molecular weight is 291 g/mol. The van der Waals surface area contributed by atoms with Crippen LogP contribution in [0.15, 0.2) is 91.0 Å². The smallest absolute Gasteiger partial charge is 0.0461 e. The Labute approximate surface area is 132 Å². The maximum Gasteiger partial charge on any atom is 0.0461 e. The molecule has 0 aliphatic carbocycles. The minimum atomic E-state index is 1.17. The number of rotatable bonds is 3. The molecule has 0 spiro atoms. The normalized spacial score (nSPS) is 9.55. The molecule has 0 aromatic heterocycles. The molecule has 112 valence electrons. The lowest BCUT2D eigenvalue weighted by Gasteiger charge is -2.25. The lowest BCUT2D eigenvalue weighted by atomic mass is 10.2. The van der Waals surface area contributed by atoms with E-state index < -0.39 is 0 Å². The fraction of sp³-hybridized carbons (Fsp3) is 0.100. The van der Waals surface area contributed by atoms with Gasteiger partial charge in [0.15, 0.2) is 0 Å². The van der Waals surface area contributed by atoms with Crippen molar-refractivity contribution in [2.75, 3.05) is 19.1 Å². The van der Waals surface area contributed by atoms with Crippen LogP contribution in [0.1, 0.15) is 0 Å². The SMILES string of the molecule is COC.c1ccc(N(c2ccccc2)c2ccccc2)cc1. The summed E-state index contributed by atoms with van der Waals surface area (Å²) in [5.74, 6) is 0. The van der Waals surface area contributed by atoms with Crippen molar-refractivity contribution in [2.45, 2.75) is 0 Å². The molecule has 2 heteroatoms. The molecule has 0 radical (unpaired) electrons. The Hall–Kier alpha value is -2.58. The maximum absolute atomic E-state index is 4.25. The Bertz CT molecular complexity index is 544. The van der Waals surface area contributed by atoms with Crippen LogP contribution in [-0.4, -0.2) is 14.2 Å². The van der Waals surface area contributed by atoms with Gasteiger partial charge >= 0.3 is 0 Å². The number of para-hydroxylation sites is 3. The predicted octanol–water partition coefficient (Wildman–Crippen LogP) is 5.42. The summed E-state index contributed by atoms with van der Waals surface area (Å²) in [4.78, 5) is 2.25. The number of ether oxygens (including phenoxy) is 1. The van der Waals surface area contributed by atoms with E-state index in [9.17, 15) is 0 Å². The van der Waals surface area contributed by atoms with E-state index in [1.807, 2.05) is 18.2 Å². The van der Waals surface area contributed by atoms with Crippen molar-refractivity contribution >= 4 is 17.1 Å². The molecule has 0 fully saturated rings. The fourth-order valence-electron chi connectivity index (χ4n) is 2.18. The summed E-state index contributed by atoms with van der Waals surface area (Å²) < 4.78 is 4.25. The molecule has 22 heavy (non-hydrogen) atoms. The number of nitrogens with zero attached hydrogens (tertiary/aromatic N) is 1. The zero-order valence-electron chi connectivity index (χ0n) is 13.0. The maximum atomic E-state index is 4.25. The molecule has 0 bridgehead atoms. The van der Waals surface area contributed by atoms with Gasteiger partial charge < -0.3 is 9.64 Å². The molecule has 0 amide bonds. The third kappa shape index (κ3) is 4.21. The van der Waals surface area contributed by atoms with Crippen molar-refractivity contribution in [3.05, 3.63) is 91.0 Å². The van der Waals surface area contributed by atoms with Crippen LogP contribution in [0.3, 0.4) is 0 Å². The Morgan fingerprint density at radius 3 is 0.955 bits per heavy atom. The molecular formula is C20H21NO. The van der Waals surface area contributed by atoms with Gasteiger partial charge in [-0.2, -0.15) is 0 Å². The van der Waals surface area contributed by atoms with E-state index in [1.165, 1.54) is 17.1 Å². The van der Waals surface area contributed by atoms with E-state index in [0.29, 0.717) is 0 Å². The van der Waals surface area contributed by atoms with Gasteiger partial charge in [0, 0.05) is 31.3 Å². The van der Waals surface area contributed by atoms with Gasteiger partial charge in [-0.1, -0.05) is 54.6 Å². The van der Waals surface area contributed by atoms with Gasteiger partial charge in [-0.05, 0) is 36.4 Å². The standard InChI is InChI=1S/C18H15N.C2H6O/c1-4-10-16(11-5-1)19(17-12-6-2-7-13-17)18-14-8-3-9-15-18;1-3-2/h1-15H;1-2H3. The molecular weight excluding hydrogens is 270 g/mol. The molecule has 3 rings (SSSR count). The minimum Gasteiger partial charge on any atom is -0.388 e. The summed E-state index contributed by atoms with van der Waals surface area (Å²) in [6.45, 7) is 0. The first-order valence-electron chi connectivity index (χ1n) is 7.22. The van der Waals surface area contributed by atoms with Crippen molar-refractivity contribution in [2.24, 2.45) is 0 Å². The lowest BCUT2D eigenvalue weighted by molar-refractivity contribution is 0.277. The summed E-state index contributed by atoms with van der Waals surface area (Å²) in [5, 5.41) is 0. The largest absolute Gasteiger partial charge is 0.388 e. The average Bonchev–Trinajstić information content (AvgIpc) is 2.59. The van der Waals surface area contributed by atoms with Gasteiger partial charge in [0.1, 0.15) is 0 Å². The lowest BCUT2D eigenvalue weighted by Crippen LogP contribution is -2.09. The van der Waals surface area contributed by atoms with Crippen LogP contribution in [-0.2, 0) is 4.74 Å².